The zero-order valence-electron chi connectivity index (χ0n) is 8.02. The fourth-order valence-electron chi connectivity index (χ4n) is 1.18. The lowest BCUT2D eigenvalue weighted by molar-refractivity contribution is -0.138. The van der Waals surface area contributed by atoms with Crippen molar-refractivity contribution in [1.29, 1.82) is 5.26 Å². The first kappa shape index (κ1) is 13.8. The molecular formula is C9H4BrF5N2. The predicted octanol–water partition coefficient (Wildman–Crippen LogP) is 3.80. The van der Waals surface area contributed by atoms with E-state index in [1.165, 1.54) is 6.07 Å². The molecule has 17 heavy (non-hydrogen) atoms. The van der Waals surface area contributed by atoms with Gasteiger partial charge in [-0.25, -0.2) is 13.8 Å². The van der Waals surface area contributed by atoms with Crippen molar-refractivity contribution in [3.8, 4) is 6.07 Å². The summed E-state index contributed by atoms with van der Waals surface area (Å²) in [6, 6.07) is 1.65. The van der Waals surface area contributed by atoms with Gasteiger partial charge in [0.25, 0.3) is 6.43 Å². The molecule has 0 spiro atoms. The minimum absolute atomic E-state index is 0.266. The Morgan fingerprint density at radius 2 is 2.00 bits per heavy atom. The fraction of sp³-hybridized carbons (Fsp3) is 0.333. The van der Waals surface area contributed by atoms with Gasteiger partial charge in [0.15, 0.2) is 0 Å². The largest absolute Gasteiger partial charge is 0.416 e. The summed E-state index contributed by atoms with van der Waals surface area (Å²) in [6.45, 7) is 0. The van der Waals surface area contributed by atoms with Gasteiger partial charge in [-0.3, -0.25) is 0 Å². The third-order valence-corrected chi connectivity index (χ3v) is 2.47. The van der Waals surface area contributed by atoms with E-state index in [0.717, 1.165) is 0 Å². The van der Waals surface area contributed by atoms with E-state index < -0.39 is 35.1 Å². The van der Waals surface area contributed by atoms with Gasteiger partial charge in [0.2, 0.25) is 0 Å². The second-order valence-corrected chi connectivity index (χ2v) is 3.53. The first-order valence-electron chi connectivity index (χ1n) is 4.16. The Balaban J connectivity index is 3.56. The Morgan fingerprint density at radius 1 is 1.41 bits per heavy atom. The van der Waals surface area contributed by atoms with Gasteiger partial charge in [0, 0.05) is 10.9 Å². The van der Waals surface area contributed by atoms with Crippen LogP contribution in [-0.4, -0.2) is 4.98 Å². The van der Waals surface area contributed by atoms with Gasteiger partial charge in [-0.05, 0) is 6.07 Å². The van der Waals surface area contributed by atoms with Gasteiger partial charge in [-0.1, -0.05) is 15.9 Å². The smallest absolute Gasteiger partial charge is 0.236 e. The van der Waals surface area contributed by atoms with Gasteiger partial charge < -0.3 is 0 Å². The lowest BCUT2D eigenvalue weighted by Gasteiger charge is -2.13. The third kappa shape index (κ3) is 2.91. The second-order valence-electron chi connectivity index (χ2n) is 2.97. The van der Waals surface area contributed by atoms with Gasteiger partial charge in [0.1, 0.15) is 17.5 Å². The maximum atomic E-state index is 12.6. The highest BCUT2D eigenvalue weighted by molar-refractivity contribution is 9.08. The zero-order valence-corrected chi connectivity index (χ0v) is 9.61. The third-order valence-electron chi connectivity index (χ3n) is 1.91. The molecule has 0 radical (unpaired) electrons. The van der Waals surface area contributed by atoms with E-state index in [9.17, 15) is 22.0 Å². The lowest BCUT2D eigenvalue weighted by atomic mass is 10.1. The van der Waals surface area contributed by atoms with E-state index in [-0.39, 0.29) is 11.4 Å². The minimum atomic E-state index is -4.80. The zero-order chi connectivity index (χ0) is 13.2. The highest BCUT2D eigenvalue weighted by Crippen LogP contribution is 2.35. The molecule has 0 aliphatic rings. The van der Waals surface area contributed by atoms with Crippen LogP contribution < -0.4 is 0 Å². The molecule has 0 fully saturated rings. The summed E-state index contributed by atoms with van der Waals surface area (Å²) in [6.07, 6.45) is -7.96. The average Bonchev–Trinajstić information content (AvgIpc) is 2.25. The number of nitrogens with zero attached hydrogens (tertiary/aromatic N) is 2. The summed E-state index contributed by atoms with van der Waals surface area (Å²) in [7, 11) is 0. The molecule has 0 aromatic carbocycles. The first-order chi connectivity index (χ1) is 7.81. The van der Waals surface area contributed by atoms with E-state index in [1.807, 2.05) is 0 Å². The summed E-state index contributed by atoms with van der Waals surface area (Å²) in [4.78, 5) is 3.19. The monoisotopic (exact) mass is 314 g/mol. The minimum Gasteiger partial charge on any atom is -0.236 e. The topological polar surface area (TPSA) is 36.7 Å². The van der Waals surface area contributed by atoms with Crippen molar-refractivity contribution in [3.63, 3.8) is 0 Å². The molecule has 0 aliphatic heterocycles. The van der Waals surface area contributed by atoms with Crippen LogP contribution in [0.5, 0.6) is 0 Å². The van der Waals surface area contributed by atoms with Gasteiger partial charge in [0.05, 0.1) is 5.56 Å². The number of hydrogen-bond acceptors (Lipinski definition) is 2. The molecule has 92 valence electrons. The van der Waals surface area contributed by atoms with Crippen molar-refractivity contribution in [2.75, 3.05) is 0 Å². The number of halogens is 6. The van der Waals surface area contributed by atoms with Crippen molar-refractivity contribution in [2.24, 2.45) is 0 Å². The second kappa shape index (κ2) is 4.96. The molecule has 0 saturated carbocycles. The summed E-state index contributed by atoms with van der Waals surface area (Å²) >= 11 is 2.78. The molecule has 1 rings (SSSR count). The Labute approximate surface area is 101 Å². The summed E-state index contributed by atoms with van der Waals surface area (Å²) in [5, 5.41) is 8.31. The normalized spacial score (nSPS) is 11.6. The van der Waals surface area contributed by atoms with Crippen LogP contribution in [0.3, 0.4) is 0 Å². The molecule has 0 saturated heterocycles. The highest BCUT2D eigenvalue weighted by Gasteiger charge is 2.36. The number of rotatable bonds is 2. The fourth-order valence-corrected chi connectivity index (χ4v) is 1.75. The Bertz CT molecular complexity index is 464. The van der Waals surface area contributed by atoms with Crippen LogP contribution in [-0.2, 0) is 11.5 Å². The van der Waals surface area contributed by atoms with Crippen LogP contribution in [0.25, 0.3) is 0 Å². The first-order valence-corrected chi connectivity index (χ1v) is 5.28. The summed E-state index contributed by atoms with van der Waals surface area (Å²) in [5.41, 5.74) is -3.41. The van der Waals surface area contributed by atoms with Crippen LogP contribution in [0.15, 0.2) is 6.07 Å². The van der Waals surface area contributed by atoms with Crippen LogP contribution in [0.4, 0.5) is 22.0 Å². The van der Waals surface area contributed by atoms with E-state index in [0.29, 0.717) is 0 Å². The number of aromatic nitrogens is 1. The SMILES string of the molecule is N#Cc1nc(C(F)F)cc(C(F)(F)F)c1CBr. The molecule has 1 aromatic heterocycles. The van der Waals surface area contributed by atoms with E-state index in [2.05, 4.69) is 20.9 Å². The maximum Gasteiger partial charge on any atom is 0.416 e. The summed E-state index contributed by atoms with van der Waals surface area (Å²) in [5.74, 6) is 0. The number of hydrogen-bond donors (Lipinski definition) is 0. The van der Waals surface area contributed by atoms with Crippen LogP contribution >= 0.6 is 15.9 Å². The number of nitriles is 1. The standard InChI is InChI=1S/C9H4BrF5N2/c10-2-4-5(9(13,14)15)1-6(8(11)12)17-7(4)3-16/h1,8H,2H2. The molecule has 1 heterocycles. The van der Waals surface area contributed by atoms with Crippen LogP contribution in [0.1, 0.15) is 28.9 Å². The molecule has 0 amide bonds. The van der Waals surface area contributed by atoms with Crippen molar-refractivity contribution in [1.82, 2.24) is 4.98 Å². The maximum absolute atomic E-state index is 12.6. The van der Waals surface area contributed by atoms with Gasteiger partial charge in [-0.15, -0.1) is 0 Å². The molecule has 8 heteroatoms. The molecular weight excluding hydrogens is 311 g/mol. The number of pyridine rings is 1. The number of alkyl halides is 6. The van der Waals surface area contributed by atoms with Gasteiger partial charge >= 0.3 is 6.18 Å². The Kier molecular flexibility index (Phi) is 4.03. The Hall–Kier alpha value is -1.23. The van der Waals surface area contributed by atoms with Gasteiger partial charge in [-0.2, -0.15) is 18.4 Å². The van der Waals surface area contributed by atoms with Crippen LogP contribution in [0.2, 0.25) is 0 Å². The van der Waals surface area contributed by atoms with E-state index in [1.54, 1.807) is 0 Å². The van der Waals surface area contributed by atoms with Crippen molar-refractivity contribution < 1.29 is 22.0 Å². The molecule has 0 unspecified atom stereocenters. The Morgan fingerprint density at radius 3 is 2.35 bits per heavy atom. The molecule has 0 bridgehead atoms. The van der Waals surface area contributed by atoms with Crippen molar-refractivity contribution in [2.45, 2.75) is 17.9 Å². The average molecular weight is 315 g/mol. The lowest BCUT2D eigenvalue weighted by Crippen LogP contribution is -2.13. The molecule has 1 aromatic rings. The predicted molar refractivity (Wildman–Crippen MR) is 51.5 cm³/mol. The van der Waals surface area contributed by atoms with Crippen molar-refractivity contribution >= 4 is 15.9 Å². The molecule has 0 N–H and O–H groups in total. The van der Waals surface area contributed by atoms with Crippen LogP contribution in [0, 0.1) is 11.3 Å². The molecule has 0 atom stereocenters. The molecule has 2 nitrogen and oxygen atoms in total. The highest BCUT2D eigenvalue weighted by atomic mass is 79.9. The van der Waals surface area contributed by atoms with E-state index in [4.69, 9.17) is 5.26 Å². The van der Waals surface area contributed by atoms with Crippen molar-refractivity contribution in [3.05, 3.63) is 28.6 Å². The molecule has 0 aliphatic carbocycles. The van der Waals surface area contributed by atoms with E-state index >= 15 is 0 Å². The quantitative estimate of drug-likeness (QED) is 0.615. The summed E-state index contributed by atoms with van der Waals surface area (Å²) < 4.78 is 62.4.